The van der Waals surface area contributed by atoms with E-state index in [2.05, 4.69) is 42.3 Å². The number of hydrogen-bond donors (Lipinski definition) is 1. The van der Waals surface area contributed by atoms with Gasteiger partial charge in [0.1, 0.15) is 11.4 Å². The van der Waals surface area contributed by atoms with E-state index in [9.17, 15) is 0 Å². The molecule has 1 unspecified atom stereocenters. The summed E-state index contributed by atoms with van der Waals surface area (Å²) in [5.41, 5.74) is 2.37. The largest absolute Gasteiger partial charge is 0.487 e. The van der Waals surface area contributed by atoms with Crippen molar-refractivity contribution in [1.82, 2.24) is 10.3 Å². The van der Waals surface area contributed by atoms with Crippen molar-refractivity contribution in [2.75, 3.05) is 0 Å². The molecule has 1 aromatic heterocycles. The monoisotopic (exact) mass is 268 g/mol. The molecule has 1 N–H and O–H groups in total. The van der Waals surface area contributed by atoms with E-state index in [0.29, 0.717) is 6.04 Å². The number of hydrogen-bond acceptors (Lipinski definition) is 3. The fraction of sp³-hybridized carbons (Fsp3) is 0.353. The highest BCUT2D eigenvalue weighted by molar-refractivity contribution is 5.38. The second kappa shape index (κ2) is 5.25. The summed E-state index contributed by atoms with van der Waals surface area (Å²) in [5, 5.41) is 3.64. The minimum Gasteiger partial charge on any atom is -0.487 e. The van der Waals surface area contributed by atoms with Crippen LogP contribution < -0.4 is 10.1 Å². The van der Waals surface area contributed by atoms with E-state index in [1.165, 1.54) is 11.1 Å². The van der Waals surface area contributed by atoms with Crippen LogP contribution in [0, 0.1) is 0 Å². The van der Waals surface area contributed by atoms with E-state index < -0.39 is 0 Å². The average Bonchev–Trinajstić information content (AvgIpc) is 2.45. The molecule has 1 aliphatic heterocycles. The van der Waals surface area contributed by atoms with Crippen LogP contribution in [-0.4, -0.2) is 10.6 Å². The summed E-state index contributed by atoms with van der Waals surface area (Å²) in [4.78, 5) is 4.05. The lowest BCUT2D eigenvalue weighted by Crippen LogP contribution is -2.39. The fourth-order valence-electron chi connectivity index (χ4n) is 2.73. The predicted octanol–water partition coefficient (Wildman–Crippen LogP) is 3.47. The van der Waals surface area contributed by atoms with Gasteiger partial charge in [0.2, 0.25) is 0 Å². The van der Waals surface area contributed by atoms with Crippen molar-refractivity contribution in [3.8, 4) is 5.75 Å². The standard InChI is InChI=1S/C17H20N2O/c1-17(2)11-15(14-5-3-4-6-16(14)20-17)19-12-13-7-9-18-10-8-13/h3-10,15,19H,11-12H2,1-2H3. The molecule has 0 bridgehead atoms. The van der Waals surface area contributed by atoms with Gasteiger partial charge >= 0.3 is 0 Å². The van der Waals surface area contributed by atoms with Gasteiger partial charge in [-0.1, -0.05) is 18.2 Å². The number of para-hydroxylation sites is 1. The zero-order chi connectivity index (χ0) is 14.0. The highest BCUT2D eigenvalue weighted by Crippen LogP contribution is 2.39. The van der Waals surface area contributed by atoms with Crippen molar-refractivity contribution in [3.63, 3.8) is 0 Å². The molecule has 1 atom stereocenters. The second-order valence-corrected chi connectivity index (χ2v) is 5.89. The van der Waals surface area contributed by atoms with Crippen molar-refractivity contribution >= 4 is 0 Å². The molecule has 3 rings (SSSR count). The number of pyridine rings is 1. The summed E-state index contributed by atoms with van der Waals surface area (Å²) >= 11 is 0. The van der Waals surface area contributed by atoms with Crippen LogP contribution in [-0.2, 0) is 6.54 Å². The fourth-order valence-corrected chi connectivity index (χ4v) is 2.73. The highest BCUT2D eigenvalue weighted by Gasteiger charge is 2.33. The van der Waals surface area contributed by atoms with Gasteiger partial charge in [-0.05, 0) is 37.6 Å². The lowest BCUT2D eigenvalue weighted by atomic mass is 9.89. The minimum atomic E-state index is -0.135. The Balaban J connectivity index is 1.79. The van der Waals surface area contributed by atoms with Crippen LogP contribution >= 0.6 is 0 Å². The second-order valence-electron chi connectivity index (χ2n) is 5.89. The van der Waals surface area contributed by atoms with Gasteiger partial charge in [-0.25, -0.2) is 0 Å². The molecule has 0 saturated carbocycles. The Hall–Kier alpha value is -1.87. The van der Waals surface area contributed by atoms with Crippen LogP contribution in [0.25, 0.3) is 0 Å². The SMILES string of the molecule is CC1(C)CC(NCc2ccncc2)c2ccccc2O1. The van der Waals surface area contributed by atoms with Crippen LogP contribution in [0.5, 0.6) is 5.75 Å². The number of ether oxygens (including phenoxy) is 1. The molecule has 20 heavy (non-hydrogen) atoms. The van der Waals surface area contributed by atoms with Crippen molar-refractivity contribution < 1.29 is 4.74 Å². The third-order valence-electron chi connectivity index (χ3n) is 3.68. The van der Waals surface area contributed by atoms with Crippen LogP contribution in [0.3, 0.4) is 0 Å². The van der Waals surface area contributed by atoms with Gasteiger partial charge in [0.15, 0.2) is 0 Å². The Kier molecular flexibility index (Phi) is 3.45. The van der Waals surface area contributed by atoms with Crippen LogP contribution in [0.15, 0.2) is 48.8 Å². The number of benzene rings is 1. The van der Waals surface area contributed by atoms with Crippen LogP contribution in [0.1, 0.15) is 37.4 Å². The van der Waals surface area contributed by atoms with Gasteiger partial charge in [0, 0.05) is 37.0 Å². The molecule has 0 fully saturated rings. The number of nitrogens with zero attached hydrogens (tertiary/aromatic N) is 1. The Labute approximate surface area is 120 Å². The molecule has 3 nitrogen and oxygen atoms in total. The summed E-state index contributed by atoms with van der Waals surface area (Å²) in [6, 6.07) is 12.7. The first-order valence-electron chi connectivity index (χ1n) is 7.04. The molecular weight excluding hydrogens is 248 g/mol. The quantitative estimate of drug-likeness (QED) is 0.925. The van der Waals surface area contributed by atoms with Gasteiger partial charge in [-0.2, -0.15) is 0 Å². The summed E-state index contributed by atoms with van der Waals surface area (Å²) in [5.74, 6) is 0.996. The van der Waals surface area contributed by atoms with Crippen molar-refractivity contribution in [2.24, 2.45) is 0 Å². The van der Waals surface area contributed by atoms with Crippen molar-refractivity contribution in [1.29, 1.82) is 0 Å². The highest BCUT2D eigenvalue weighted by atomic mass is 16.5. The van der Waals surface area contributed by atoms with E-state index >= 15 is 0 Å². The Morgan fingerprint density at radius 3 is 2.75 bits per heavy atom. The number of rotatable bonds is 3. The van der Waals surface area contributed by atoms with Crippen molar-refractivity contribution in [2.45, 2.75) is 38.5 Å². The molecule has 104 valence electrons. The van der Waals surface area contributed by atoms with E-state index in [0.717, 1.165) is 18.7 Å². The van der Waals surface area contributed by atoms with Gasteiger partial charge < -0.3 is 10.1 Å². The van der Waals surface area contributed by atoms with Gasteiger partial charge in [0.25, 0.3) is 0 Å². The molecule has 3 heteroatoms. The summed E-state index contributed by atoms with van der Waals surface area (Å²) in [6.07, 6.45) is 4.63. The Morgan fingerprint density at radius 1 is 1.20 bits per heavy atom. The lowest BCUT2D eigenvalue weighted by molar-refractivity contribution is 0.0657. The topological polar surface area (TPSA) is 34.2 Å². The Bertz CT molecular complexity index is 581. The van der Waals surface area contributed by atoms with Crippen LogP contribution in [0.2, 0.25) is 0 Å². The molecule has 0 spiro atoms. The van der Waals surface area contributed by atoms with E-state index in [4.69, 9.17) is 4.74 Å². The molecule has 0 amide bonds. The number of aromatic nitrogens is 1. The number of nitrogens with one attached hydrogen (secondary N) is 1. The third kappa shape index (κ3) is 2.83. The third-order valence-corrected chi connectivity index (χ3v) is 3.68. The lowest BCUT2D eigenvalue weighted by Gasteiger charge is -2.38. The van der Waals surface area contributed by atoms with Gasteiger partial charge in [-0.3, -0.25) is 4.98 Å². The normalized spacial score (nSPS) is 20.0. The molecular formula is C17H20N2O. The summed E-state index contributed by atoms with van der Waals surface area (Å²) in [7, 11) is 0. The Morgan fingerprint density at radius 2 is 1.95 bits per heavy atom. The number of fused-ring (bicyclic) bond motifs is 1. The zero-order valence-electron chi connectivity index (χ0n) is 12.0. The predicted molar refractivity (Wildman–Crippen MR) is 79.6 cm³/mol. The summed E-state index contributed by atoms with van der Waals surface area (Å²) < 4.78 is 6.05. The average molecular weight is 268 g/mol. The maximum absolute atomic E-state index is 6.05. The molecule has 0 saturated heterocycles. The van der Waals surface area contributed by atoms with E-state index in [1.54, 1.807) is 0 Å². The summed E-state index contributed by atoms with van der Waals surface area (Å²) in [6.45, 7) is 5.13. The van der Waals surface area contributed by atoms with Crippen LogP contribution in [0.4, 0.5) is 0 Å². The zero-order valence-corrected chi connectivity index (χ0v) is 12.0. The molecule has 1 aromatic carbocycles. The van der Waals surface area contributed by atoms with Crippen molar-refractivity contribution in [3.05, 3.63) is 59.9 Å². The first-order chi connectivity index (χ1) is 9.64. The first-order valence-corrected chi connectivity index (χ1v) is 7.04. The molecule has 2 heterocycles. The first kappa shape index (κ1) is 13.1. The van der Waals surface area contributed by atoms with E-state index in [1.807, 2.05) is 30.6 Å². The molecule has 1 aliphatic rings. The van der Waals surface area contributed by atoms with Gasteiger partial charge in [-0.15, -0.1) is 0 Å². The molecule has 0 radical (unpaired) electrons. The maximum Gasteiger partial charge on any atom is 0.124 e. The van der Waals surface area contributed by atoms with Gasteiger partial charge in [0.05, 0.1) is 0 Å². The maximum atomic E-state index is 6.05. The molecule has 2 aromatic rings. The molecule has 0 aliphatic carbocycles. The smallest absolute Gasteiger partial charge is 0.124 e. The van der Waals surface area contributed by atoms with E-state index in [-0.39, 0.29) is 5.60 Å². The minimum absolute atomic E-state index is 0.135.